The number of methoxy groups -OCH3 is 2. The summed E-state index contributed by atoms with van der Waals surface area (Å²) in [6.07, 6.45) is -0.731. The van der Waals surface area contributed by atoms with Crippen LogP contribution in [0.3, 0.4) is 0 Å². The van der Waals surface area contributed by atoms with Gasteiger partial charge in [-0.25, -0.2) is 0 Å². The molecule has 0 saturated carbocycles. The Labute approximate surface area is 140 Å². The summed E-state index contributed by atoms with van der Waals surface area (Å²) in [6, 6.07) is 12.1. The molecule has 0 aromatic heterocycles. The fourth-order valence-electron chi connectivity index (χ4n) is 1.93. The van der Waals surface area contributed by atoms with E-state index in [2.05, 4.69) is 5.32 Å². The number of carbonyl (C=O) groups excluding carboxylic acids is 1. The standard InChI is InChI=1S/C17H18ClNO4/c1-11(23-15-7-5-4-6-13(15)18)17(20)19-14-10-12(21-2)8-9-16(14)22-3/h4-11H,1-3H3,(H,19,20)/t11-/m1/s1. The molecule has 2 aromatic rings. The van der Waals surface area contributed by atoms with Crippen LogP contribution in [0.15, 0.2) is 42.5 Å². The highest BCUT2D eigenvalue weighted by atomic mass is 35.5. The summed E-state index contributed by atoms with van der Waals surface area (Å²) in [4.78, 5) is 12.3. The van der Waals surface area contributed by atoms with Crippen molar-refractivity contribution in [1.82, 2.24) is 0 Å². The minimum Gasteiger partial charge on any atom is -0.497 e. The van der Waals surface area contributed by atoms with Crippen molar-refractivity contribution < 1.29 is 19.0 Å². The van der Waals surface area contributed by atoms with Crippen LogP contribution in [0.25, 0.3) is 0 Å². The van der Waals surface area contributed by atoms with Gasteiger partial charge < -0.3 is 19.5 Å². The van der Waals surface area contributed by atoms with E-state index in [0.29, 0.717) is 28.0 Å². The summed E-state index contributed by atoms with van der Waals surface area (Å²) in [6.45, 7) is 1.64. The van der Waals surface area contributed by atoms with Crippen molar-refractivity contribution in [2.24, 2.45) is 0 Å². The zero-order chi connectivity index (χ0) is 16.8. The molecule has 0 heterocycles. The maximum atomic E-state index is 12.3. The molecule has 0 aliphatic rings. The first-order chi connectivity index (χ1) is 11.0. The maximum absolute atomic E-state index is 12.3. The van der Waals surface area contributed by atoms with Gasteiger partial charge in [-0.3, -0.25) is 4.79 Å². The number of hydrogen-bond acceptors (Lipinski definition) is 4. The van der Waals surface area contributed by atoms with Gasteiger partial charge in [-0.15, -0.1) is 0 Å². The predicted octanol–water partition coefficient (Wildman–Crippen LogP) is 3.76. The predicted molar refractivity (Wildman–Crippen MR) is 89.7 cm³/mol. The minimum absolute atomic E-state index is 0.323. The SMILES string of the molecule is COc1ccc(OC)c(NC(=O)[C@@H](C)Oc2ccccc2Cl)c1. The molecule has 5 nitrogen and oxygen atoms in total. The highest BCUT2D eigenvalue weighted by molar-refractivity contribution is 6.32. The fourth-order valence-corrected chi connectivity index (χ4v) is 2.11. The lowest BCUT2D eigenvalue weighted by Gasteiger charge is -2.17. The number of anilines is 1. The molecular formula is C17H18ClNO4. The Kier molecular flexibility index (Phi) is 5.71. The van der Waals surface area contributed by atoms with Crippen molar-refractivity contribution in [1.29, 1.82) is 0 Å². The largest absolute Gasteiger partial charge is 0.497 e. The number of para-hydroxylation sites is 1. The molecule has 0 aliphatic heterocycles. The Morgan fingerprint density at radius 2 is 1.83 bits per heavy atom. The monoisotopic (exact) mass is 335 g/mol. The first-order valence-electron chi connectivity index (χ1n) is 6.99. The molecule has 0 saturated heterocycles. The topological polar surface area (TPSA) is 56.8 Å². The van der Waals surface area contributed by atoms with Crippen LogP contribution < -0.4 is 19.5 Å². The van der Waals surface area contributed by atoms with E-state index in [9.17, 15) is 4.79 Å². The number of ether oxygens (including phenoxy) is 3. The van der Waals surface area contributed by atoms with Crippen LogP contribution in [0, 0.1) is 0 Å². The maximum Gasteiger partial charge on any atom is 0.265 e. The van der Waals surface area contributed by atoms with Gasteiger partial charge in [0.2, 0.25) is 0 Å². The molecule has 2 rings (SSSR count). The molecule has 0 aliphatic carbocycles. The van der Waals surface area contributed by atoms with Gasteiger partial charge in [-0.1, -0.05) is 23.7 Å². The molecule has 122 valence electrons. The van der Waals surface area contributed by atoms with Crippen LogP contribution >= 0.6 is 11.6 Å². The van der Waals surface area contributed by atoms with Crippen LogP contribution in [0.2, 0.25) is 5.02 Å². The Balaban J connectivity index is 2.10. The molecule has 2 aromatic carbocycles. The first kappa shape index (κ1) is 17.0. The van der Waals surface area contributed by atoms with E-state index in [1.165, 1.54) is 7.11 Å². The normalized spacial score (nSPS) is 11.5. The van der Waals surface area contributed by atoms with Gasteiger partial charge in [0, 0.05) is 6.07 Å². The van der Waals surface area contributed by atoms with E-state index in [-0.39, 0.29) is 5.91 Å². The molecule has 0 unspecified atom stereocenters. The number of rotatable bonds is 6. The quantitative estimate of drug-likeness (QED) is 0.873. The summed E-state index contributed by atoms with van der Waals surface area (Å²) >= 11 is 6.03. The van der Waals surface area contributed by atoms with Crippen LogP contribution in [-0.2, 0) is 4.79 Å². The number of hydrogen-bond donors (Lipinski definition) is 1. The van der Waals surface area contributed by atoms with Crippen LogP contribution in [0.5, 0.6) is 17.2 Å². The zero-order valence-electron chi connectivity index (χ0n) is 13.1. The molecule has 23 heavy (non-hydrogen) atoms. The Hall–Kier alpha value is -2.40. The van der Waals surface area contributed by atoms with Gasteiger partial charge in [0.1, 0.15) is 17.2 Å². The lowest BCUT2D eigenvalue weighted by atomic mass is 10.2. The third kappa shape index (κ3) is 4.29. The summed E-state index contributed by atoms with van der Waals surface area (Å²) in [5.74, 6) is 1.27. The molecule has 0 radical (unpaired) electrons. The van der Waals surface area contributed by atoms with Crippen molar-refractivity contribution in [3.05, 3.63) is 47.5 Å². The van der Waals surface area contributed by atoms with Crippen LogP contribution in [0.1, 0.15) is 6.92 Å². The summed E-state index contributed by atoms with van der Waals surface area (Å²) in [5, 5.41) is 3.21. The molecule has 0 spiro atoms. The Morgan fingerprint density at radius 1 is 1.09 bits per heavy atom. The van der Waals surface area contributed by atoms with E-state index >= 15 is 0 Å². The van der Waals surface area contributed by atoms with Crippen LogP contribution in [0.4, 0.5) is 5.69 Å². The van der Waals surface area contributed by atoms with Crippen LogP contribution in [-0.4, -0.2) is 26.2 Å². The van der Waals surface area contributed by atoms with Gasteiger partial charge in [-0.05, 0) is 31.2 Å². The van der Waals surface area contributed by atoms with Gasteiger partial charge >= 0.3 is 0 Å². The second-order valence-corrected chi connectivity index (χ2v) is 5.15. The average Bonchev–Trinajstić information content (AvgIpc) is 2.56. The van der Waals surface area contributed by atoms with Crippen molar-refractivity contribution in [3.63, 3.8) is 0 Å². The third-order valence-corrected chi connectivity index (χ3v) is 3.49. The first-order valence-corrected chi connectivity index (χ1v) is 7.37. The molecular weight excluding hydrogens is 318 g/mol. The highest BCUT2D eigenvalue weighted by Crippen LogP contribution is 2.29. The average molecular weight is 336 g/mol. The Bertz CT molecular complexity index is 690. The highest BCUT2D eigenvalue weighted by Gasteiger charge is 2.18. The van der Waals surface area contributed by atoms with Crippen molar-refractivity contribution >= 4 is 23.2 Å². The van der Waals surface area contributed by atoms with Gasteiger partial charge in [0.05, 0.1) is 24.9 Å². The van der Waals surface area contributed by atoms with Crippen molar-refractivity contribution in [2.45, 2.75) is 13.0 Å². The lowest BCUT2D eigenvalue weighted by molar-refractivity contribution is -0.122. The van der Waals surface area contributed by atoms with Crippen molar-refractivity contribution in [2.75, 3.05) is 19.5 Å². The van der Waals surface area contributed by atoms with Gasteiger partial charge in [-0.2, -0.15) is 0 Å². The molecule has 0 bridgehead atoms. The molecule has 1 amide bonds. The van der Waals surface area contributed by atoms with E-state index in [4.69, 9.17) is 25.8 Å². The van der Waals surface area contributed by atoms with Gasteiger partial charge in [0.15, 0.2) is 6.10 Å². The molecule has 0 fully saturated rings. The van der Waals surface area contributed by atoms with E-state index in [1.54, 1.807) is 56.5 Å². The summed E-state index contributed by atoms with van der Waals surface area (Å²) < 4.78 is 16.0. The molecule has 1 N–H and O–H groups in total. The molecule has 6 heteroatoms. The minimum atomic E-state index is -0.731. The number of carbonyl (C=O) groups is 1. The smallest absolute Gasteiger partial charge is 0.265 e. The molecule has 1 atom stereocenters. The van der Waals surface area contributed by atoms with Crippen molar-refractivity contribution in [3.8, 4) is 17.2 Å². The number of nitrogens with one attached hydrogen (secondary N) is 1. The number of benzene rings is 2. The van der Waals surface area contributed by atoms with E-state index < -0.39 is 6.10 Å². The Morgan fingerprint density at radius 3 is 2.48 bits per heavy atom. The van der Waals surface area contributed by atoms with Gasteiger partial charge in [0.25, 0.3) is 5.91 Å². The zero-order valence-corrected chi connectivity index (χ0v) is 13.9. The lowest BCUT2D eigenvalue weighted by Crippen LogP contribution is -2.30. The summed E-state index contributed by atoms with van der Waals surface area (Å²) in [7, 11) is 3.08. The second-order valence-electron chi connectivity index (χ2n) is 4.75. The fraction of sp³-hybridized carbons (Fsp3) is 0.235. The van der Waals surface area contributed by atoms with E-state index in [0.717, 1.165) is 0 Å². The number of halogens is 1. The van der Waals surface area contributed by atoms with E-state index in [1.807, 2.05) is 0 Å². The summed E-state index contributed by atoms with van der Waals surface area (Å²) in [5.41, 5.74) is 0.506. The third-order valence-electron chi connectivity index (χ3n) is 3.17. The number of amides is 1. The second kappa shape index (κ2) is 7.74.